The van der Waals surface area contributed by atoms with Crippen molar-refractivity contribution in [2.45, 2.75) is 82.3 Å². The van der Waals surface area contributed by atoms with Gasteiger partial charge >= 0.3 is 0 Å². The van der Waals surface area contributed by atoms with Crippen LogP contribution >= 0.6 is 0 Å². The zero-order valence-electron chi connectivity index (χ0n) is 15.8. The fourth-order valence-electron chi connectivity index (χ4n) is 5.15. The van der Waals surface area contributed by atoms with E-state index in [1.807, 2.05) is 6.07 Å². The highest BCUT2D eigenvalue weighted by atomic mass is 16.2. The summed E-state index contributed by atoms with van der Waals surface area (Å²) in [6.07, 6.45) is 7.82. The third-order valence-corrected chi connectivity index (χ3v) is 6.40. The van der Waals surface area contributed by atoms with E-state index in [0.717, 1.165) is 44.9 Å². The van der Waals surface area contributed by atoms with E-state index in [4.69, 9.17) is 0 Å². The number of carbonyl (C=O) groups excluding carboxylic acids is 3. The van der Waals surface area contributed by atoms with E-state index in [0.29, 0.717) is 19.3 Å². The van der Waals surface area contributed by atoms with Gasteiger partial charge in [-0.2, -0.15) is 0 Å². The molecule has 3 heterocycles. The Morgan fingerprint density at radius 3 is 2.15 bits per heavy atom. The van der Waals surface area contributed by atoms with Crippen molar-refractivity contribution < 1.29 is 14.4 Å². The number of likely N-dealkylation sites (tertiary alicyclic amines) is 1. The van der Waals surface area contributed by atoms with Crippen molar-refractivity contribution in [3.05, 3.63) is 35.9 Å². The van der Waals surface area contributed by atoms with Gasteiger partial charge in [-0.15, -0.1) is 0 Å². The molecule has 3 saturated heterocycles. The normalized spacial score (nSPS) is 27.5. The molecule has 3 aliphatic rings. The van der Waals surface area contributed by atoms with Crippen LogP contribution in [-0.4, -0.2) is 45.6 Å². The summed E-state index contributed by atoms with van der Waals surface area (Å²) in [5.41, 5.74) is 1.32. The average molecular weight is 368 g/mol. The summed E-state index contributed by atoms with van der Waals surface area (Å²) < 4.78 is 0. The van der Waals surface area contributed by atoms with Gasteiger partial charge < -0.3 is 4.90 Å². The smallest absolute Gasteiger partial charge is 0.229 e. The van der Waals surface area contributed by atoms with E-state index in [2.05, 4.69) is 29.2 Å². The highest BCUT2D eigenvalue weighted by Crippen LogP contribution is 2.39. The molecular weight excluding hydrogens is 340 g/mol. The molecule has 0 radical (unpaired) electrons. The summed E-state index contributed by atoms with van der Waals surface area (Å²) >= 11 is 0. The van der Waals surface area contributed by atoms with Gasteiger partial charge in [0, 0.05) is 37.4 Å². The minimum Gasteiger partial charge on any atom is -0.337 e. The Bertz CT molecular complexity index is 688. The van der Waals surface area contributed by atoms with Gasteiger partial charge in [-0.05, 0) is 50.5 Å². The lowest BCUT2D eigenvalue weighted by Gasteiger charge is -2.41. The number of fused-ring (bicyclic) bond motifs is 2. The van der Waals surface area contributed by atoms with Crippen LogP contribution in [0.25, 0.3) is 0 Å². The van der Waals surface area contributed by atoms with Crippen LogP contribution in [0.15, 0.2) is 30.3 Å². The molecule has 2 atom stereocenters. The third kappa shape index (κ3) is 3.78. The molecule has 5 nitrogen and oxygen atoms in total. The highest BCUT2D eigenvalue weighted by molar-refractivity contribution is 6.02. The molecule has 4 rings (SSSR count). The summed E-state index contributed by atoms with van der Waals surface area (Å²) in [6, 6.07) is 10.8. The Morgan fingerprint density at radius 1 is 0.889 bits per heavy atom. The first kappa shape index (κ1) is 18.2. The maximum absolute atomic E-state index is 12.8. The summed E-state index contributed by atoms with van der Waals surface area (Å²) in [5.74, 6) is 0.211. The SMILES string of the molecule is O=C1CCC(=O)N1C1CC2CCC(C1)N2C(=O)CCCCc1ccccc1. The lowest BCUT2D eigenvalue weighted by molar-refractivity contribution is -0.144. The number of amides is 3. The van der Waals surface area contributed by atoms with E-state index >= 15 is 0 Å². The first-order valence-electron chi connectivity index (χ1n) is 10.3. The van der Waals surface area contributed by atoms with Crippen molar-refractivity contribution in [3.63, 3.8) is 0 Å². The predicted octanol–water partition coefficient (Wildman–Crippen LogP) is 3.07. The monoisotopic (exact) mass is 368 g/mol. The van der Waals surface area contributed by atoms with Gasteiger partial charge in [0.25, 0.3) is 0 Å². The molecule has 2 bridgehead atoms. The first-order chi connectivity index (χ1) is 13.1. The summed E-state index contributed by atoms with van der Waals surface area (Å²) in [4.78, 5) is 40.5. The van der Waals surface area contributed by atoms with E-state index in [-0.39, 0.29) is 35.8 Å². The molecule has 2 unspecified atom stereocenters. The van der Waals surface area contributed by atoms with Crippen LogP contribution in [0.2, 0.25) is 0 Å². The van der Waals surface area contributed by atoms with Crippen LogP contribution in [0, 0.1) is 0 Å². The van der Waals surface area contributed by atoms with E-state index in [9.17, 15) is 14.4 Å². The largest absolute Gasteiger partial charge is 0.337 e. The minimum absolute atomic E-state index is 0.00660. The molecule has 0 spiro atoms. The molecule has 0 aromatic heterocycles. The molecule has 3 amide bonds. The van der Waals surface area contributed by atoms with Crippen LogP contribution in [-0.2, 0) is 20.8 Å². The maximum Gasteiger partial charge on any atom is 0.229 e. The third-order valence-electron chi connectivity index (χ3n) is 6.40. The van der Waals surface area contributed by atoms with E-state index in [1.165, 1.54) is 10.5 Å². The number of rotatable bonds is 6. The van der Waals surface area contributed by atoms with Crippen LogP contribution in [0.1, 0.15) is 63.4 Å². The molecule has 5 heteroatoms. The van der Waals surface area contributed by atoms with Gasteiger partial charge in [0.05, 0.1) is 0 Å². The Hall–Kier alpha value is -2.17. The molecular formula is C22H28N2O3. The molecule has 1 aromatic rings. The lowest BCUT2D eigenvalue weighted by Crippen LogP contribution is -2.53. The number of nitrogens with zero attached hydrogens (tertiary/aromatic N) is 2. The standard InChI is InChI=1S/C22H28N2O3/c25-20(9-5-4-8-16-6-2-1-3-7-16)23-17-10-11-18(23)15-19(14-17)24-21(26)12-13-22(24)27/h1-3,6-7,17-19H,4-5,8-15H2. The predicted molar refractivity (Wildman–Crippen MR) is 102 cm³/mol. The molecule has 27 heavy (non-hydrogen) atoms. The van der Waals surface area contributed by atoms with Gasteiger partial charge in [-0.3, -0.25) is 19.3 Å². The zero-order valence-corrected chi connectivity index (χ0v) is 15.8. The first-order valence-corrected chi connectivity index (χ1v) is 10.3. The van der Waals surface area contributed by atoms with Gasteiger partial charge in [-0.1, -0.05) is 30.3 Å². The van der Waals surface area contributed by atoms with Crippen molar-refractivity contribution in [1.82, 2.24) is 9.80 Å². The van der Waals surface area contributed by atoms with Crippen LogP contribution in [0.5, 0.6) is 0 Å². The van der Waals surface area contributed by atoms with Crippen molar-refractivity contribution in [2.75, 3.05) is 0 Å². The number of carbonyl (C=O) groups is 3. The topological polar surface area (TPSA) is 57.7 Å². The van der Waals surface area contributed by atoms with Gasteiger partial charge in [0.1, 0.15) is 0 Å². The van der Waals surface area contributed by atoms with Crippen LogP contribution in [0.4, 0.5) is 0 Å². The van der Waals surface area contributed by atoms with Gasteiger partial charge in [-0.25, -0.2) is 0 Å². The number of piperidine rings is 1. The second-order valence-electron chi connectivity index (χ2n) is 8.16. The van der Waals surface area contributed by atoms with Crippen LogP contribution in [0.3, 0.4) is 0 Å². The summed E-state index contributed by atoms with van der Waals surface area (Å²) in [7, 11) is 0. The Kier molecular flexibility index (Phi) is 5.28. The molecule has 1 aromatic carbocycles. The number of imide groups is 1. The number of unbranched alkanes of at least 4 members (excludes halogenated alkanes) is 1. The van der Waals surface area contributed by atoms with E-state index < -0.39 is 0 Å². The Labute approximate surface area is 160 Å². The van der Waals surface area contributed by atoms with Crippen LogP contribution < -0.4 is 0 Å². The molecule has 0 N–H and O–H groups in total. The molecule has 0 aliphatic carbocycles. The van der Waals surface area contributed by atoms with Crippen molar-refractivity contribution in [2.24, 2.45) is 0 Å². The quantitative estimate of drug-likeness (QED) is 0.573. The second kappa shape index (κ2) is 7.83. The second-order valence-corrected chi connectivity index (χ2v) is 8.16. The van der Waals surface area contributed by atoms with Gasteiger partial charge in [0.15, 0.2) is 0 Å². The maximum atomic E-state index is 12.8. The van der Waals surface area contributed by atoms with Gasteiger partial charge in [0.2, 0.25) is 17.7 Å². The number of aryl methyl sites for hydroxylation is 1. The van der Waals surface area contributed by atoms with E-state index in [1.54, 1.807) is 0 Å². The van der Waals surface area contributed by atoms with Crippen molar-refractivity contribution in [3.8, 4) is 0 Å². The molecule has 144 valence electrons. The zero-order chi connectivity index (χ0) is 18.8. The Balaban J connectivity index is 1.28. The fraction of sp³-hybridized carbons (Fsp3) is 0.591. The summed E-state index contributed by atoms with van der Waals surface area (Å²) in [5, 5.41) is 0. The highest BCUT2D eigenvalue weighted by Gasteiger charge is 2.47. The molecule has 0 saturated carbocycles. The van der Waals surface area contributed by atoms with Crippen molar-refractivity contribution in [1.29, 1.82) is 0 Å². The lowest BCUT2D eigenvalue weighted by atomic mass is 9.95. The average Bonchev–Trinajstić information content (AvgIpc) is 3.15. The molecule has 3 fully saturated rings. The summed E-state index contributed by atoms with van der Waals surface area (Å²) in [6.45, 7) is 0. The Morgan fingerprint density at radius 2 is 1.52 bits per heavy atom. The minimum atomic E-state index is -0.0231. The number of benzene rings is 1. The number of hydrogen-bond donors (Lipinski definition) is 0. The van der Waals surface area contributed by atoms with Crippen molar-refractivity contribution >= 4 is 17.7 Å². The number of hydrogen-bond acceptors (Lipinski definition) is 3. The molecule has 3 aliphatic heterocycles. The fourth-order valence-corrected chi connectivity index (χ4v) is 5.15.